The van der Waals surface area contributed by atoms with Gasteiger partial charge in [0.05, 0.1) is 11.5 Å². The van der Waals surface area contributed by atoms with E-state index >= 15 is 0 Å². The summed E-state index contributed by atoms with van der Waals surface area (Å²) in [5, 5.41) is 3.10. The van der Waals surface area contributed by atoms with Crippen molar-refractivity contribution in [2.24, 2.45) is 11.8 Å². The van der Waals surface area contributed by atoms with E-state index in [1.807, 2.05) is 4.90 Å². The lowest BCUT2D eigenvalue weighted by Crippen LogP contribution is -2.51. The fourth-order valence-electron chi connectivity index (χ4n) is 5.42. The zero-order valence-corrected chi connectivity index (χ0v) is 18.9. The van der Waals surface area contributed by atoms with E-state index in [1.54, 1.807) is 4.90 Å². The molecule has 1 aliphatic carbocycles. The molecule has 33 heavy (non-hydrogen) atoms. The van der Waals surface area contributed by atoms with Gasteiger partial charge in [-0.05, 0) is 50.7 Å². The van der Waals surface area contributed by atoms with Crippen molar-refractivity contribution in [2.75, 3.05) is 31.1 Å². The second-order valence-electron chi connectivity index (χ2n) is 9.60. The van der Waals surface area contributed by atoms with Crippen molar-refractivity contribution in [1.82, 2.24) is 15.2 Å². The van der Waals surface area contributed by atoms with Crippen LogP contribution in [-0.2, 0) is 15.8 Å². The number of likely N-dealkylation sites (tertiary alicyclic amines) is 1. The maximum atomic E-state index is 13.4. The highest BCUT2D eigenvalue weighted by Crippen LogP contribution is 2.36. The summed E-state index contributed by atoms with van der Waals surface area (Å²) in [6, 6.07) is 2.32. The van der Waals surface area contributed by atoms with Gasteiger partial charge in [0, 0.05) is 44.3 Å². The van der Waals surface area contributed by atoms with Crippen LogP contribution >= 0.6 is 0 Å². The van der Waals surface area contributed by atoms with Crippen molar-refractivity contribution in [3.8, 4) is 0 Å². The third kappa shape index (κ3) is 5.79. The molecule has 1 saturated carbocycles. The van der Waals surface area contributed by atoms with Gasteiger partial charge in [-0.15, -0.1) is 0 Å². The molecule has 182 valence electrons. The van der Waals surface area contributed by atoms with E-state index in [-0.39, 0.29) is 42.1 Å². The minimum atomic E-state index is -4.48. The monoisotopic (exact) mass is 466 g/mol. The highest BCUT2D eigenvalue weighted by atomic mass is 19.4. The molecule has 1 aromatic rings. The van der Waals surface area contributed by atoms with E-state index in [0.717, 1.165) is 44.6 Å². The molecule has 3 fully saturated rings. The van der Waals surface area contributed by atoms with E-state index in [9.17, 15) is 22.8 Å². The number of pyridine rings is 1. The van der Waals surface area contributed by atoms with E-state index in [1.165, 1.54) is 18.7 Å². The molecule has 0 bridgehead atoms. The van der Waals surface area contributed by atoms with Gasteiger partial charge in [0.25, 0.3) is 0 Å². The summed E-state index contributed by atoms with van der Waals surface area (Å²) >= 11 is 0. The van der Waals surface area contributed by atoms with Crippen LogP contribution < -0.4 is 10.2 Å². The topological polar surface area (TPSA) is 65.5 Å². The van der Waals surface area contributed by atoms with Crippen LogP contribution in [0.25, 0.3) is 0 Å². The number of nitrogens with zero attached hydrogens (tertiary/aromatic N) is 3. The first-order valence-electron chi connectivity index (χ1n) is 12.2. The Morgan fingerprint density at radius 3 is 2.33 bits per heavy atom. The molecule has 2 saturated heterocycles. The number of halogens is 3. The van der Waals surface area contributed by atoms with Crippen molar-refractivity contribution in [1.29, 1.82) is 0 Å². The van der Waals surface area contributed by atoms with Gasteiger partial charge < -0.3 is 15.1 Å². The Labute approximate surface area is 192 Å². The minimum absolute atomic E-state index is 0.00358. The molecular weight excluding hydrogens is 433 g/mol. The van der Waals surface area contributed by atoms with E-state index in [0.29, 0.717) is 32.5 Å². The van der Waals surface area contributed by atoms with Gasteiger partial charge in [-0.2, -0.15) is 13.2 Å². The normalized spacial score (nSPS) is 23.4. The van der Waals surface area contributed by atoms with Gasteiger partial charge in [0.2, 0.25) is 11.8 Å². The van der Waals surface area contributed by atoms with E-state index in [4.69, 9.17) is 0 Å². The van der Waals surface area contributed by atoms with Gasteiger partial charge >= 0.3 is 6.18 Å². The molecule has 2 amide bonds. The Hall–Kier alpha value is -2.32. The van der Waals surface area contributed by atoms with Crippen molar-refractivity contribution in [3.63, 3.8) is 0 Å². The first-order valence-corrected chi connectivity index (χ1v) is 12.2. The van der Waals surface area contributed by atoms with Gasteiger partial charge in [-0.25, -0.2) is 4.98 Å². The third-order valence-electron chi connectivity index (χ3n) is 7.29. The van der Waals surface area contributed by atoms with Crippen LogP contribution in [0.2, 0.25) is 0 Å². The molecule has 1 unspecified atom stereocenters. The molecule has 9 heteroatoms. The van der Waals surface area contributed by atoms with Gasteiger partial charge in [0.15, 0.2) is 0 Å². The first-order chi connectivity index (χ1) is 15.8. The molecule has 1 aromatic heterocycles. The van der Waals surface area contributed by atoms with Crippen molar-refractivity contribution in [3.05, 3.63) is 23.9 Å². The Bertz CT molecular complexity index is 833. The zero-order chi connectivity index (χ0) is 23.4. The van der Waals surface area contributed by atoms with Gasteiger partial charge in [-0.1, -0.05) is 19.3 Å². The summed E-state index contributed by atoms with van der Waals surface area (Å²) in [6.07, 6.45) is 5.05. The maximum Gasteiger partial charge on any atom is 0.419 e. The quantitative estimate of drug-likeness (QED) is 0.729. The SMILES string of the molecule is O=C(NC1CCN(C(=O)C2CCCCC2)CC1)C1CCCN(c2ncccc2C(F)(F)F)C1. The summed E-state index contributed by atoms with van der Waals surface area (Å²) in [7, 11) is 0. The zero-order valence-electron chi connectivity index (χ0n) is 18.9. The van der Waals surface area contributed by atoms with Crippen LogP contribution in [0.15, 0.2) is 18.3 Å². The lowest BCUT2D eigenvalue weighted by Gasteiger charge is -2.37. The summed E-state index contributed by atoms with van der Waals surface area (Å²) in [5.74, 6) is -0.161. The van der Waals surface area contributed by atoms with Crippen molar-refractivity contribution < 1.29 is 22.8 Å². The number of aromatic nitrogens is 1. The van der Waals surface area contributed by atoms with Crippen LogP contribution in [0.1, 0.15) is 63.4 Å². The summed E-state index contributed by atoms with van der Waals surface area (Å²) in [5.41, 5.74) is -0.763. The van der Waals surface area contributed by atoms with Crippen LogP contribution in [0.4, 0.5) is 19.0 Å². The fourth-order valence-corrected chi connectivity index (χ4v) is 5.42. The lowest BCUT2D eigenvalue weighted by atomic mass is 9.87. The molecule has 0 spiro atoms. The van der Waals surface area contributed by atoms with Crippen LogP contribution in [0, 0.1) is 11.8 Å². The molecule has 2 aliphatic heterocycles. The van der Waals surface area contributed by atoms with Crippen molar-refractivity contribution >= 4 is 17.6 Å². The van der Waals surface area contributed by atoms with E-state index < -0.39 is 11.7 Å². The first kappa shape index (κ1) is 23.8. The summed E-state index contributed by atoms with van der Waals surface area (Å²) in [6.45, 7) is 1.98. The maximum absolute atomic E-state index is 13.4. The predicted octanol–water partition coefficient (Wildman–Crippen LogP) is 4.00. The number of alkyl halides is 3. The highest BCUT2D eigenvalue weighted by Gasteiger charge is 2.38. The molecule has 3 aliphatic rings. The average Bonchev–Trinajstić information content (AvgIpc) is 2.84. The minimum Gasteiger partial charge on any atom is -0.355 e. The van der Waals surface area contributed by atoms with Gasteiger partial charge in [-0.3, -0.25) is 9.59 Å². The number of amides is 2. The van der Waals surface area contributed by atoms with Crippen LogP contribution in [0.3, 0.4) is 0 Å². The molecule has 0 aromatic carbocycles. The smallest absolute Gasteiger partial charge is 0.355 e. The van der Waals surface area contributed by atoms with Crippen LogP contribution in [0.5, 0.6) is 0 Å². The molecule has 0 radical (unpaired) electrons. The molecule has 1 N–H and O–H groups in total. The third-order valence-corrected chi connectivity index (χ3v) is 7.29. The molecule has 4 rings (SSSR count). The Morgan fingerprint density at radius 2 is 1.64 bits per heavy atom. The number of anilines is 1. The second-order valence-corrected chi connectivity index (χ2v) is 9.60. The molecule has 1 atom stereocenters. The van der Waals surface area contributed by atoms with Gasteiger partial charge in [0.1, 0.15) is 5.82 Å². The standard InChI is InChI=1S/C24H33F3N4O2/c25-24(26,27)20-9-4-12-28-21(20)31-13-5-8-18(16-31)22(32)29-19-10-14-30(15-11-19)23(33)17-6-2-1-3-7-17/h4,9,12,17-19H,1-3,5-8,10-11,13-16H2,(H,29,32). The second kappa shape index (κ2) is 10.3. The largest absolute Gasteiger partial charge is 0.419 e. The average molecular weight is 467 g/mol. The number of piperidine rings is 2. The Balaban J connectivity index is 1.29. The number of rotatable bonds is 4. The highest BCUT2D eigenvalue weighted by molar-refractivity contribution is 5.80. The number of hydrogen-bond donors (Lipinski definition) is 1. The number of carbonyl (C=O) groups is 2. The number of nitrogens with one attached hydrogen (secondary N) is 1. The Kier molecular flexibility index (Phi) is 7.44. The molecule has 3 heterocycles. The number of hydrogen-bond acceptors (Lipinski definition) is 4. The molecular formula is C24H33F3N4O2. The summed E-state index contributed by atoms with van der Waals surface area (Å²) < 4.78 is 40.2. The fraction of sp³-hybridized carbons (Fsp3) is 0.708. The Morgan fingerprint density at radius 1 is 0.939 bits per heavy atom. The number of carbonyl (C=O) groups excluding carboxylic acids is 2. The summed E-state index contributed by atoms with van der Waals surface area (Å²) in [4.78, 5) is 33.2. The van der Waals surface area contributed by atoms with Crippen molar-refractivity contribution in [2.45, 2.75) is 70.0 Å². The predicted molar refractivity (Wildman–Crippen MR) is 118 cm³/mol. The molecule has 6 nitrogen and oxygen atoms in total. The lowest BCUT2D eigenvalue weighted by molar-refractivity contribution is -0.138. The van der Waals surface area contributed by atoms with Crippen LogP contribution in [-0.4, -0.2) is 53.9 Å². The van der Waals surface area contributed by atoms with E-state index in [2.05, 4.69) is 10.3 Å².